The predicted molar refractivity (Wildman–Crippen MR) is 52.4 cm³/mol. The van der Waals surface area contributed by atoms with Gasteiger partial charge in [-0.25, -0.2) is 0 Å². The Morgan fingerprint density at radius 3 is 2.82 bits per heavy atom. The van der Waals surface area contributed by atoms with Crippen LogP contribution in [0.3, 0.4) is 0 Å². The molecule has 1 aromatic rings. The van der Waals surface area contributed by atoms with Gasteiger partial charge in [0, 0.05) is 17.3 Å². The van der Waals surface area contributed by atoms with E-state index in [9.17, 15) is 15.0 Å². The van der Waals surface area contributed by atoms with Crippen molar-refractivity contribution in [2.45, 2.75) is 26.4 Å². The molecule has 0 aliphatic heterocycles. The minimum Gasteiger partial charge on any atom is -0.545 e. The first-order valence-electron chi connectivity index (χ1n) is 4.75. The van der Waals surface area contributed by atoms with Gasteiger partial charge in [0.15, 0.2) is 6.29 Å². The Balaban J connectivity index is 2.85. The van der Waals surface area contributed by atoms with E-state index in [-0.39, 0.29) is 23.5 Å². The van der Waals surface area contributed by atoms with Gasteiger partial charge in [0.05, 0.1) is 24.9 Å². The van der Waals surface area contributed by atoms with Crippen molar-refractivity contribution in [2.75, 3.05) is 0 Å². The Morgan fingerprint density at radius 1 is 1.65 bits per heavy atom. The summed E-state index contributed by atoms with van der Waals surface area (Å²) in [6.45, 7) is 0.788. The molecule has 3 N–H and O–H groups in total. The van der Waals surface area contributed by atoms with E-state index in [0.29, 0.717) is 5.69 Å². The Hall–Kier alpha value is -1.70. The lowest BCUT2D eigenvalue weighted by Crippen LogP contribution is -2.37. The highest BCUT2D eigenvalue weighted by Crippen LogP contribution is 2.24. The maximum Gasteiger partial charge on any atom is 0.196 e. The number of carboxylic acid groups (broad SMARTS) is 1. The van der Waals surface area contributed by atoms with Gasteiger partial charge in [-0.05, 0) is 6.92 Å². The molecule has 7 heteroatoms. The van der Waals surface area contributed by atoms with Gasteiger partial charge in [-0.2, -0.15) is 0 Å². The van der Waals surface area contributed by atoms with Crippen LogP contribution in [0.15, 0.2) is 6.20 Å². The van der Waals surface area contributed by atoms with Crippen molar-refractivity contribution >= 4 is 5.97 Å². The van der Waals surface area contributed by atoms with Crippen LogP contribution >= 0.6 is 0 Å². The molecule has 0 bridgehead atoms. The standard InChI is InChI=1S/C10H13NO6/c1-5-8(13)7(3-12)6(2-11-5)4-17-10(16)9(14)15/h2,10,12-13,16H,3-4H2,1H3,(H,14,15)/p-1. The lowest BCUT2D eigenvalue weighted by molar-refractivity contribution is -0.331. The fourth-order valence-corrected chi connectivity index (χ4v) is 1.22. The fraction of sp³-hybridized carbons (Fsp3) is 0.400. The average Bonchev–Trinajstić information content (AvgIpc) is 2.30. The quantitative estimate of drug-likeness (QED) is 0.519. The molecule has 0 fully saturated rings. The van der Waals surface area contributed by atoms with Crippen molar-refractivity contribution in [1.29, 1.82) is 0 Å². The van der Waals surface area contributed by atoms with Crippen LogP contribution in [0, 0.1) is 6.92 Å². The van der Waals surface area contributed by atoms with Gasteiger partial charge in [-0.3, -0.25) is 4.98 Å². The number of nitrogens with zero attached hydrogens (tertiary/aromatic N) is 1. The zero-order chi connectivity index (χ0) is 13.0. The van der Waals surface area contributed by atoms with Gasteiger partial charge < -0.3 is 30.0 Å². The van der Waals surface area contributed by atoms with Crippen molar-refractivity contribution in [1.82, 2.24) is 4.98 Å². The summed E-state index contributed by atoms with van der Waals surface area (Å²) in [6, 6.07) is 0. The molecule has 1 unspecified atom stereocenters. The molecule has 0 spiro atoms. The Morgan fingerprint density at radius 2 is 2.29 bits per heavy atom. The third kappa shape index (κ3) is 3.13. The molecule has 1 atom stereocenters. The number of aromatic nitrogens is 1. The second-order valence-corrected chi connectivity index (χ2v) is 3.34. The van der Waals surface area contributed by atoms with Gasteiger partial charge in [-0.15, -0.1) is 0 Å². The molecule has 0 aromatic carbocycles. The summed E-state index contributed by atoms with van der Waals surface area (Å²) in [6.07, 6.45) is -0.743. The first-order valence-corrected chi connectivity index (χ1v) is 4.75. The van der Waals surface area contributed by atoms with Crippen molar-refractivity contribution in [3.05, 3.63) is 23.0 Å². The third-order valence-electron chi connectivity index (χ3n) is 2.19. The van der Waals surface area contributed by atoms with E-state index in [0.717, 1.165) is 0 Å². The zero-order valence-electron chi connectivity index (χ0n) is 9.08. The number of aryl methyl sites for hydroxylation is 1. The minimum atomic E-state index is -2.06. The van der Waals surface area contributed by atoms with Gasteiger partial charge in [0.25, 0.3) is 0 Å². The molecular formula is C10H12NO6-. The molecule has 0 saturated heterocycles. The second-order valence-electron chi connectivity index (χ2n) is 3.34. The summed E-state index contributed by atoms with van der Waals surface area (Å²) in [5.41, 5.74) is 0.803. The number of aromatic hydroxyl groups is 1. The molecular weight excluding hydrogens is 230 g/mol. The van der Waals surface area contributed by atoms with Crippen molar-refractivity contribution in [2.24, 2.45) is 0 Å². The van der Waals surface area contributed by atoms with Crippen molar-refractivity contribution in [3.8, 4) is 5.75 Å². The molecule has 0 saturated carbocycles. The predicted octanol–water partition coefficient (Wildman–Crippen LogP) is -1.83. The molecule has 1 aromatic heterocycles. The molecule has 7 nitrogen and oxygen atoms in total. The van der Waals surface area contributed by atoms with Crippen LogP contribution in [-0.2, 0) is 22.7 Å². The number of aliphatic hydroxyl groups is 2. The molecule has 0 radical (unpaired) electrons. The normalized spacial score (nSPS) is 12.4. The molecule has 1 rings (SSSR count). The largest absolute Gasteiger partial charge is 0.545 e. The van der Waals surface area contributed by atoms with E-state index in [1.807, 2.05) is 0 Å². The molecule has 1 heterocycles. The molecule has 0 aliphatic carbocycles. The van der Waals surface area contributed by atoms with E-state index in [1.165, 1.54) is 6.20 Å². The van der Waals surface area contributed by atoms with E-state index in [1.54, 1.807) is 6.92 Å². The van der Waals surface area contributed by atoms with Crippen LogP contribution < -0.4 is 5.11 Å². The number of aliphatic hydroxyl groups excluding tert-OH is 2. The van der Waals surface area contributed by atoms with Crippen LogP contribution in [0.1, 0.15) is 16.8 Å². The first kappa shape index (κ1) is 13.4. The first-order chi connectivity index (χ1) is 7.97. The summed E-state index contributed by atoms with van der Waals surface area (Å²) in [4.78, 5) is 14.0. The van der Waals surface area contributed by atoms with Gasteiger partial charge >= 0.3 is 0 Å². The molecule has 94 valence electrons. The van der Waals surface area contributed by atoms with E-state index in [2.05, 4.69) is 9.72 Å². The highest BCUT2D eigenvalue weighted by Gasteiger charge is 2.13. The Kier molecular flexibility index (Phi) is 4.38. The van der Waals surface area contributed by atoms with Gasteiger partial charge in [0.2, 0.25) is 0 Å². The second kappa shape index (κ2) is 5.58. The number of carboxylic acids is 1. The average molecular weight is 242 g/mol. The Labute approximate surface area is 96.9 Å². The molecule has 17 heavy (non-hydrogen) atoms. The van der Waals surface area contributed by atoms with Crippen LogP contribution in [-0.4, -0.2) is 32.6 Å². The number of pyridine rings is 1. The van der Waals surface area contributed by atoms with Crippen molar-refractivity contribution in [3.63, 3.8) is 0 Å². The van der Waals surface area contributed by atoms with Crippen LogP contribution in [0.5, 0.6) is 5.75 Å². The van der Waals surface area contributed by atoms with E-state index in [4.69, 9.17) is 10.2 Å². The number of hydrogen-bond acceptors (Lipinski definition) is 7. The number of ether oxygens (including phenoxy) is 1. The highest BCUT2D eigenvalue weighted by atomic mass is 16.6. The van der Waals surface area contributed by atoms with Crippen LogP contribution in [0.2, 0.25) is 0 Å². The lowest BCUT2D eigenvalue weighted by Gasteiger charge is -2.15. The number of rotatable bonds is 5. The van der Waals surface area contributed by atoms with Crippen LogP contribution in [0.25, 0.3) is 0 Å². The smallest absolute Gasteiger partial charge is 0.196 e. The lowest BCUT2D eigenvalue weighted by atomic mass is 10.1. The van der Waals surface area contributed by atoms with Crippen LogP contribution in [0.4, 0.5) is 0 Å². The summed E-state index contributed by atoms with van der Waals surface area (Å²) < 4.78 is 4.56. The zero-order valence-corrected chi connectivity index (χ0v) is 9.08. The topological polar surface area (TPSA) is 123 Å². The Bertz CT molecular complexity index is 420. The number of carbonyl (C=O) groups is 1. The molecule has 0 aliphatic rings. The number of aliphatic carboxylic acids is 1. The minimum absolute atomic E-state index is 0.183. The monoisotopic (exact) mass is 242 g/mol. The third-order valence-corrected chi connectivity index (χ3v) is 2.19. The summed E-state index contributed by atoms with van der Waals surface area (Å²) in [5.74, 6) is -1.95. The molecule has 0 amide bonds. The SMILES string of the molecule is Cc1ncc(COC(O)C(=O)[O-])c(CO)c1O. The highest BCUT2D eigenvalue weighted by molar-refractivity contribution is 5.67. The van der Waals surface area contributed by atoms with Crippen molar-refractivity contribution < 1.29 is 30.0 Å². The van der Waals surface area contributed by atoms with Gasteiger partial charge in [-0.1, -0.05) is 0 Å². The maximum atomic E-state index is 10.2. The van der Waals surface area contributed by atoms with E-state index >= 15 is 0 Å². The van der Waals surface area contributed by atoms with E-state index < -0.39 is 18.9 Å². The van der Waals surface area contributed by atoms with Gasteiger partial charge in [0.1, 0.15) is 5.75 Å². The maximum absolute atomic E-state index is 10.2. The number of hydrogen-bond donors (Lipinski definition) is 3. The summed E-state index contributed by atoms with van der Waals surface area (Å²) >= 11 is 0. The summed E-state index contributed by atoms with van der Waals surface area (Å²) in [7, 11) is 0. The fourth-order valence-electron chi connectivity index (χ4n) is 1.22. The summed E-state index contributed by atoms with van der Waals surface area (Å²) in [5, 5.41) is 37.7. The number of carbonyl (C=O) groups excluding carboxylic acids is 1.